The molecular weight excluding hydrogens is 344 g/mol. The van der Waals surface area contributed by atoms with E-state index in [9.17, 15) is 4.79 Å². The molecule has 2 N–H and O–H groups in total. The molecule has 1 aliphatic carbocycles. The monoisotopic (exact) mass is 370 g/mol. The number of ether oxygens (including phenoxy) is 1. The number of hydrogen-bond donors (Lipinski definition) is 2. The highest BCUT2D eigenvalue weighted by Crippen LogP contribution is 2.34. The summed E-state index contributed by atoms with van der Waals surface area (Å²) in [4.78, 5) is 12.5. The van der Waals surface area contributed by atoms with E-state index in [2.05, 4.69) is 20.8 Å². The van der Waals surface area contributed by atoms with Crippen molar-refractivity contribution in [1.29, 1.82) is 0 Å². The van der Waals surface area contributed by atoms with Crippen LogP contribution in [0.1, 0.15) is 49.6 Å². The van der Waals surface area contributed by atoms with Crippen LogP contribution in [0.25, 0.3) is 0 Å². The number of anilines is 1. The predicted molar refractivity (Wildman–Crippen MR) is 99.4 cm³/mol. The minimum absolute atomic E-state index is 0.0584. The van der Waals surface area contributed by atoms with E-state index in [1.807, 2.05) is 27.7 Å². The minimum atomic E-state index is -0.223. The zero-order valence-corrected chi connectivity index (χ0v) is 15.4. The van der Waals surface area contributed by atoms with Gasteiger partial charge in [-0.25, -0.2) is 4.79 Å². The van der Waals surface area contributed by atoms with Crippen molar-refractivity contribution in [3.05, 3.63) is 29.7 Å². The maximum Gasteiger partial charge on any atom is 0.320 e. The second kappa shape index (κ2) is 6.99. The van der Waals surface area contributed by atoms with Gasteiger partial charge in [-0.1, -0.05) is 0 Å². The Hall–Kier alpha value is -2.35. The standard InChI is InChI=1S/C19H26N6O2/c26-19(22-17-11-14-3-1-2-9-24(14)23-17)21-15-7-10-27-18(15)16-6-8-20-25(16)12-13-4-5-13/h6,8,11,13,15,18H,1-5,7,9-10,12H2,(H2,21,22,23,26)/t15-,18-/m1/s1. The van der Waals surface area contributed by atoms with Gasteiger partial charge in [-0.3, -0.25) is 14.7 Å². The Kier molecular flexibility index (Phi) is 4.35. The van der Waals surface area contributed by atoms with Crippen LogP contribution in [0.15, 0.2) is 18.3 Å². The van der Waals surface area contributed by atoms with Crippen molar-refractivity contribution in [2.45, 2.75) is 63.8 Å². The van der Waals surface area contributed by atoms with Crippen molar-refractivity contribution in [2.75, 3.05) is 11.9 Å². The first-order valence-corrected chi connectivity index (χ1v) is 10.0. The van der Waals surface area contributed by atoms with Crippen LogP contribution in [0.5, 0.6) is 0 Å². The Morgan fingerprint density at radius 2 is 2.22 bits per heavy atom. The lowest BCUT2D eigenvalue weighted by atomic mass is 10.1. The van der Waals surface area contributed by atoms with E-state index in [1.54, 1.807) is 0 Å². The fourth-order valence-electron chi connectivity index (χ4n) is 4.11. The van der Waals surface area contributed by atoms with E-state index in [1.165, 1.54) is 25.0 Å². The molecule has 2 aliphatic heterocycles. The second-order valence-corrected chi connectivity index (χ2v) is 7.87. The maximum absolute atomic E-state index is 12.5. The highest BCUT2D eigenvalue weighted by atomic mass is 16.5. The summed E-state index contributed by atoms with van der Waals surface area (Å²) < 4.78 is 9.99. The van der Waals surface area contributed by atoms with Crippen LogP contribution < -0.4 is 10.6 Å². The molecule has 4 heterocycles. The van der Waals surface area contributed by atoms with Gasteiger partial charge in [0.25, 0.3) is 0 Å². The van der Waals surface area contributed by atoms with Gasteiger partial charge in [-0.2, -0.15) is 10.2 Å². The molecule has 2 aromatic heterocycles. The minimum Gasteiger partial charge on any atom is -0.370 e. The Labute approximate surface area is 158 Å². The molecule has 0 aromatic carbocycles. The van der Waals surface area contributed by atoms with Crippen molar-refractivity contribution >= 4 is 11.8 Å². The number of fused-ring (bicyclic) bond motifs is 1. The van der Waals surface area contributed by atoms with Gasteiger partial charge >= 0.3 is 6.03 Å². The smallest absolute Gasteiger partial charge is 0.320 e. The van der Waals surface area contributed by atoms with Gasteiger partial charge in [0, 0.05) is 37.7 Å². The van der Waals surface area contributed by atoms with E-state index in [4.69, 9.17) is 4.74 Å². The summed E-state index contributed by atoms with van der Waals surface area (Å²) >= 11 is 0. The molecule has 2 amide bonds. The molecule has 144 valence electrons. The summed E-state index contributed by atoms with van der Waals surface area (Å²) in [7, 11) is 0. The third kappa shape index (κ3) is 3.58. The van der Waals surface area contributed by atoms with Gasteiger partial charge in [0.2, 0.25) is 0 Å². The van der Waals surface area contributed by atoms with Crippen molar-refractivity contribution in [3.63, 3.8) is 0 Å². The molecule has 2 atom stereocenters. The lowest BCUT2D eigenvalue weighted by Crippen LogP contribution is -2.40. The number of carbonyl (C=O) groups is 1. The molecule has 8 nitrogen and oxygen atoms in total. The quantitative estimate of drug-likeness (QED) is 0.847. The molecule has 0 unspecified atom stereocenters. The third-order valence-electron chi connectivity index (χ3n) is 5.73. The molecule has 27 heavy (non-hydrogen) atoms. The Morgan fingerprint density at radius 3 is 3.07 bits per heavy atom. The summed E-state index contributed by atoms with van der Waals surface area (Å²) in [6, 6.07) is 3.71. The molecule has 5 rings (SSSR count). The van der Waals surface area contributed by atoms with E-state index < -0.39 is 0 Å². The molecule has 1 saturated heterocycles. The molecule has 2 fully saturated rings. The summed E-state index contributed by atoms with van der Waals surface area (Å²) in [5.41, 5.74) is 2.25. The van der Waals surface area contributed by atoms with Gasteiger partial charge in [0.05, 0.1) is 11.7 Å². The van der Waals surface area contributed by atoms with Crippen molar-refractivity contribution in [1.82, 2.24) is 24.9 Å². The van der Waals surface area contributed by atoms with Gasteiger partial charge < -0.3 is 10.1 Å². The van der Waals surface area contributed by atoms with Gasteiger partial charge in [-0.15, -0.1) is 0 Å². The fourth-order valence-corrected chi connectivity index (χ4v) is 4.11. The van der Waals surface area contributed by atoms with Crippen LogP contribution >= 0.6 is 0 Å². The summed E-state index contributed by atoms with van der Waals surface area (Å²) in [6.45, 7) is 2.52. The number of nitrogens with one attached hydrogen (secondary N) is 2. The highest BCUT2D eigenvalue weighted by molar-refractivity contribution is 5.88. The number of amides is 2. The number of hydrogen-bond acceptors (Lipinski definition) is 4. The Balaban J connectivity index is 1.23. The van der Waals surface area contributed by atoms with Crippen LogP contribution in [-0.4, -0.2) is 38.2 Å². The molecule has 3 aliphatic rings. The topological polar surface area (TPSA) is 86.0 Å². The normalized spacial score (nSPS) is 24.6. The molecule has 0 bridgehead atoms. The molecule has 0 spiro atoms. The predicted octanol–water partition coefficient (Wildman–Crippen LogP) is 2.48. The van der Waals surface area contributed by atoms with Crippen LogP contribution in [0.3, 0.4) is 0 Å². The van der Waals surface area contributed by atoms with Gasteiger partial charge in [0.15, 0.2) is 5.82 Å². The number of aryl methyl sites for hydroxylation is 2. The number of carbonyl (C=O) groups excluding carboxylic acids is 1. The summed E-state index contributed by atoms with van der Waals surface area (Å²) in [5.74, 6) is 1.37. The molecular formula is C19H26N6O2. The first kappa shape index (κ1) is 16.8. The maximum atomic E-state index is 12.5. The Bertz CT molecular complexity index is 801. The first-order valence-electron chi connectivity index (χ1n) is 10.0. The summed E-state index contributed by atoms with van der Waals surface area (Å²) in [5, 5.41) is 14.9. The van der Waals surface area contributed by atoms with Crippen molar-refractivity contribution < 1.29 is 9.53 Å². The lowest BCUT2D eigenvalue weighted by molar-refractivity contribution is 0.0926. The molecule has 0 radical (unpaired) electrons. The molecule has 2 aromatic rings. The van der Waals surface area contributed by atoms with Gasteiger partial charge in [-0.05, 0) is 50.5 Å². The average molecular weight is 370 g/mol. The summed E-state index contributed by atoms with van der Waals surface area (Å²) in [6.07, 6.45) is 8.40. The fraction of sp³-hybridized carbons (Fsp3) is 0.632. The van der Waals surface area contributed by atoms with E-state index in [0.29, 0.717) is 12.4 Å². The average Bonchev–Trinajstić information content (AvgIpc) is 3.03. The van der Waals surface area contributed by atoms with Crippen LogP contribution in [0.2, 0.25) is 0 Å². The number of rotatable bonds is 5. The van der Waals surface area contributed by atoms with Crippen LogP contribution in [-0.2, 0) is 24.2 Å². The number of urea groups is 1. The van der Waals surface area contributed by atoms with E-state index in [0.717, 1.165) is 44.0 Å². The zero-order valence-electron chi connectivity index (χ0n) is 15.4. The van der Waals surface area contributed by atoms with Crippen molar-refractivity contribution in [2.24, 2.45) is 5.92 Å². The lowest BCUT2D eigenvalue weighted by Gasteiger charge is -2.21. The van der Waals surface area contributed by atoms with Crippen LogP contribution in [0.4, 0.5) is 10.6 Å². The van der Waals surface area contributed by atoms with Crippen LogP contribution in [0, 0.1) is 5.92 Å². The van der Waals surface area contributed by atoms with Gasteiger partial charge in [0.1, 0.15) is 6.10 Å². The third-order valence-corrected chi connectivity index (χ3v) is 5.73. The second-order valence-electron chi connectivity index (χ2n) is 7.87. The molecule has 1 saturated carbocycles. The number of aromatic nitrogens is 4. The zero-order chi connectivity index (χ0) is 18.2. The molecule has 8 heteroatoms. The number of nitrogens with zero attached hydrogens (tertiary/aromatic N) is 4. The highest BCUT2D eigenvalue weighted by Gasteiger charge is 2.34. The Morgan fingerprint density at radius 1 is 1.30 bits per heavy atom. The van der Waals surface area contributed by atoms with Crippen molar-refractivity contribution in [3.8, 4) is 0 Å². The SMILES string of the molecule is O=C(Nc1cc2n(n1)CCCC2)N[C@@H]1CCO[C@H]1c1ccnn1CC1CC1. The van der Waals surface area contributed by atoms with E-state index >= 15 is 0 Å². The van der Waals surface area contributed by atoms with E-state index in [-0.39, 0.29) is 18.2 Å². The largest absolute Gasteiger partial charge is 0.370 e. The first-order chi connectivity index (χ1) is 13.3.